The Labute approximate surface area is 136 Å². The Morgan fingerprint density at radius 2 is 1.61 bits per heavy atom. The lowest BCUT2D eigenvalue weighted by Crippen LogP contribution is -2.27. The maximum Gasteiger partial charge on any atom is 0.144 e. The standard InChI is InChI=1S/C18H21N5/c1-2-6-16-15(4-1)5-3-7-17(16)21-11-8-19-9-12-22-18-14-20-10-13-23-18/h1-7,10,13-14,19,21H,8-9,11-12H2,(H,22,23). The molecule has 0 aliphatic carbocycles. The van der Waals surface area contributed by atoms with Crippen LogP contribution in [0.4, 0.5) is 11.5 Å². The largest absolute Gasteiger partial charge is 0.383 e. The van der Waals surface area contributed by atoms with Gasteiger partial charge in [-0.1, -0.05) is 36.4 Å². The smallest absolute Gasteiger partial charge is 0.144 e. The van der Waals surface area contributed by atoms with Crippen LogP contribution < -0.4 is 16.0 Å². The van der Waals surface area contributed by atoms with Crippen molar-refractivity contribution >= 4 is 22.3 Å². The maximum absolute atomic E-state index is 4.17. The summed E-state index contributed by atoms with van der Waals surface area (Å²) in [5.41, 5.74) is 1.18. The predicted octanol–water partition coefficient (Wildman–Crippen LogP) is 2.74. The van der Waals surface area contributed by atoms with E-state index < -0.39 is 0 Å². The summed E-state index contributed by atoms with van der Waals surface area (Å²) in [7, 11) is 0. The Morgan fingerprint density at radius 3 is 2.48 bits per heavy atom. The fourth-order valence-corrected chi connectivity index (χ4v) is 2.46. The van der Waals surface area contributed by atoms with Gasteiger partial charge in [-0.05, 0) is 11.5 Å². The van der Waals surface area contributed by atoms with Gasteiger partial charge in [-0.3, -0.25) is 4.98 Å². The molecule has 23 heavy (non-hydrogen) atoms. The van der Waals surface area contributed by atoms with Gasteiger partial charge in [-0.15, -0.1) is 0 Å². The summed E-state index contributed by atoms with van der Waals surface area (Å²) in [6, 6.07) is 14.8. The summed E-state index contributed by atoms with van der Waals surface area (Å²) in [4.78, 5) is 8.18. The van der Waals surface area contributed by atoms with Gasteiger partial charge in [0, 0.05) is 49.6 Å². The van der Waals surface area contributed by atoms with E-state index in [2.05, 4.69) is 68.4 Å². The van der Waals surface area contributed by atoms with Crippen LogP contribution in [-0.2, 0) is 0 Å². The summed E-state index contributed by atoms with van der Waals surface area (Å²) in [6.07, 6.45) is 5.08. The first-order chi connectivity index (χ1) is 11.4. The van der Waals surface area contributed by atoms with E-state index in [4.69, 9.17) is 0 Å². The molecule has 118 valence electrons. The Kier molecular flexibility index (Phi) is 5.37. The van der Waals surface area contributed by atoms with Crippen LogP contribution in [0.5, 0.6) is 0 Å². The molecule has 0 unspecified atom stereocenters. The molecule has 1 heterocycles. The van der Waals surface area contributed by atoms with Crippen molar-refractivity contribution in [3.05, 3.63) is 61.1 Å². The molecular formula is C18H21N5. The summed E-state index contributed by atoms with van der Waals surface area (Å²) < 4.78 is 0. The van der Waals surface area contributed by atoms with Crippen molar-refractivity contribution in [3.8, 4) is 0 Å². The molecule has 0 amide bonds. The highest BCUT2D eigenvalue weighted by Gasteiger charge is 1.98. The fraction of sp³-hybridized carbons (Fsp3) is 0.222. The van der Waals surface area contributed by atoms with E-state index in [1.165, 1.54) is 16.5 Å². The molecule has 0 atom stereocenters. The lowest BCUT2D eigenvalue weighted by molar-refractivity contribution is 0.718. The van der Waals surface area contributed by atoms with Crippen molar-refractivity contribution in [3.63, 3.8) is 0 Å². The zero-order valence-corrected chi connectivity index (χ0v) is 13.0. The molecule has 0 aliphatic heterocycles. The number of aromatic nitrogens is 2. The summed E-state index contributed by atoms with van der Waals surface area (Å²) in [5.74, 6) is 0.809. The molecular weight excluding hydrogens is 286 g/mol. The van der Waals surface area contributed by atoms with Crippen molar-refractivity contribution in [1.29, 1.82) is 0 Å². The van der Waals surface area contributed by atoms with E-state index in [1.54, 1.807) is 18.6 Å². The maximum atomic E-state index is 4.17. The van der Waals surface area contributed by atoms with Gasteiger partial charge < -0.3 is 16.0 Å². The third-order valence-corrected chi connectivity index (χ3v) is 3.58. The molecule has 3 rings (SSSR count). The Bertz CT molecular complexity index is 724. The number of benzene rings is 2. The van der Waals surface area contributed by atoms with Crippen LogP contribution in [-0.4, -0.2) is 36.1 Å². The van der Waals surface area contributed by atoms with Crippen molar-refractivity contribution in [2.75, 3.05) is 36.8 Å². The summed E-state index contributed by atoms with van der Waals surface area (Å²) in [5, 5.41) is 12.6. The van der Waals surface area contributed by atoms with Gasteiger partial charge in [0.15, 0.2) is 0 Å². The molecule has 0 radical (unpaired) electrons. The number of fused-ring (bicyclic) bond motifs is 1. The highest BCUT2D eigenvalue weighted by Crippen LogP contribution is 2.22. The quantitative estimate of drug-likeness (QED) is 0.559. The molecule has 0 saturated carbocycles. The second-order valence-corrected chi connectivity index (χ2v) is 5.22. The number of anilines is 2. The topological polar surface area (TPSA) is 61.9 Å². The lowest BCUT2D eigenvalue weighted by Gasteiger charge is -2.11. The SMILES string of the molecule is c1ccc2c(NCCNCCNc3cnccn3)cccc2c1. The molecule has 0 fully saturated rings. The average molecular weight is 307 g/mol. The van der Waals surface area contributed by atoms with Crippen molar-refractivity contribution in [2.24, 2.45) is 0 Å². The molecule has 5 heteroatoms. The molecule has 0 saturated heterocycles. The van der Waals surface area contributed by atoms with E-state index in [0.717, 1.165) is 32.0 Å². The number of nitrogens with one attached hydrogen (secondary N) is 3. The zero-order valence-electron chi connectivity index (χ0n) is 13.0. The normalized spacial score (nSPS) is 10.6. The Hall–Kier alpha value is -2.66. The Balaban J connectivity index is 1.37. The van der Waals surface area contributed by atoms with Crippen LogP contribution in [0, 0.1) is 0 Å². The highest BCUT2D eigenvalue weighted by atomic mass is 15.0. The van der Waals surface area contributed by atoms with Crippen molar-refractivity contribution in [2.45, 2.75) is 0 Å². The van der Waals surface area contributed by atoms with E-state index in [0.29, 0.717) is 0 Å². The van der Waals surface area contributed by atoms with Crippen LogP contribution in [0.2, 0.25) is 0 Å². The molecule has 0 spiro atoms. The van der Waals surface area contributed by atoms with Gasteiger partial charge in [-0.2, -0.15) is 0 Å². The van der Waals surface area contributed by atoms with E-state index in [-0.39, 0.29) is 0 Å². The molecule has 3 N–H and O–H groups in total. The minimum Gasteiger partial charge on any atom is -0.383 e. The van der Waals surface area contributed by atoms with E-state index in [1.807, 2.05) is 0 Å². The van der Waals surface area contributed by atoms with Gasteiger partial charge in [-0.25, -0.2) is 4.98 Å². The number of hydrogen-bond donors (Lipinski definition) is 3. The molecule has 3 aromatic rings. The molecule has 0 bridgehead atoms. The van der Waals surface area contributed by atoms with Gasteiger partial charge in [0.05, 0.1) is 6.20 Å². The molecule has 2 aromatic carbocycles. The summed E-state index contributed by atoms with van der Waals surface area (Å²) >= 11 is 0. The van der Waals surface area contributed by atoms with Crippen LogP contribution in [0.3, 0.4) is 0 Å². The predicted molar refractivity (Wildman–Crippen MR) is 95.8 cm³/mol. The third-order valence-electron chi connectivity index (χ3n) is 3.58. The second-order valence-electron chi connectivity index (χ2n) is 5.22. The van der Waals surface area contributed by atoms with Crippen LogP contribution in [0.1, 0.15) is 0 Å². The monoisotopic (exact) mass is 307 g/mol. The molecule has 0 aliphatic rings. The van der Waals surface area contributed by atoms with Crippen molar-refractivity contribution < 1.29 is 0 Å². The first-order valence-electron chi connectivity index (χ1n) is 7.86. The van der Waals surface area contributed by atoms with Crippen LogP contribution >= 0.6 is 0 Å². The van der Waals surface area contributed by atoms with Gasteiger partial charge in [0.1, 0.15) is 5.82 Å². The van der Waals surface area contributed by atoms with Crippen LogP contribution in [0.25, 0.3) is 10.8 Å². The highest BCUT2D eigenvalue weighted by molar-refractivity contribution is 5.93. The first-order valence-corrected chi connectivity index (χ1v) is 7.86. The van der Waals surface area contributed by atoms with E-state index in [9.17, 15) is 0 Å². The van der Waals surface area contributed by atoms with Gasteiger partial charge in [0.2, 0.25) is 0 Å². The fourth-order valence-electron chi connectivity index (χ4n) is 2.46. The second kappa shape index (κ2) is 8.10. The Morgan fingerprint density at radius 1 is 0.783 bits per heavy atom. The minimum absolute atomic E-state index is 0.809. The van der Waals surface area contributed by atoms with Crippen LogP contribution in [0.15, 0.2) is 61.1 Å². The summed E-state index contributed by atoms with van der Waals surface area (Å²) in [6.45, 7) is 3.51. The number of rotatable bonds is 8. The van der Waals surface area contributed by atoms with Crippen molar-refractivity contribution in [1.82, 2.24) is 15.3 Å². The third kappa shape index (κ3) is 4.40. The van der Waals surface area contributed by atoms with Gasteiger partial charge in [0.25, 0.3) is 0 Å². The average Bonchev–Trinajstić information content (AvgIpc) is 2.62. The minimum atomic E-state index is 0.809. The first kappa shape index (κ1) is 15.2. The lowest BCUT2D eigenvalue weighted by atomic mass is 10.1. The zero-order chi connectivity index (χ0) is 15.7. The molecule has 1 aromatic heterocycles. The van der Waals surface area contributed by atoms with E-state index >= 15 is 0 Å². The number of nitrogens with zero attached hydrogens (tertiary/aromatic N) is 2. The number of hydrogen-bond acceptors (Lipinski definition) is 5. The molecule has 5 nitrogen and oxygen atoms in total. The van der Waals surface area contributed by atoms with Gasteiger partial charge >= 0.3 is 0 Å².